The van der Waals surface area contributed by atoms with Crippen LogP contribution in [0.3, 0.4) is 0 Å². The van der Waals surface area contributed by atoms with Crippen LogP contribution in [0.1, 0.15) is 30.5 Å². The van der Waals surface area contributed by atoms with E-state index in [2.05, 4.69) is 69.4 Å². The highest BCUT2D eigenvalue weighted by molar-refractivity contribution is 6.30. The van der Waals surface area contributed by atoms with Gasteiger partial charge in [-0.1, -0.05) is 61.0 Å². The Balaban J connectivity index is 1.27. The van der Waals surface area contributed by atoms with E-state index in [1.807, 2.05) is 24.3 Å². The minimum atomic E-state index is -0.179. The summed E-state index contributed by atoms with van der Waals surface area (Å²) in [5, 5.41) is 4.56. The van der Waals surface area contributed by atoms with Gasteiger partial charge in [0.25, 0.3) is 0 Å². The van der Waals surface area contributed by atoms with Gasteiger partial charge in [-0.2, -0.15) is 0 Å². The lowest BCUT2D eigenvalue weighted by molar-refractivity contribution is 0.0613. The standard InChI is InChI=1S/C30H36ClFN4/c1-2-29(28-22-36(17-16-33-28)27-14-12-26(32)13-15-27)34-18-20-35(21-19-34)30(23-6-4-3-5-7-23)24-8-10-25(31)11-9-24/h3-15,28-30,33H,2,16-22H2,1H3. The Morgan fingerprint density at radius 1 is 0.833 bits per heavy atom. The van der Waals surface area contributed by atoms with Gasteiger partial charge in [-0.3, -0.25) is 9.80 Å². The molecule has 2 aliphatic heterocycles. The first-order valence-electron chi connectivity index (χ1n) is 13.1. The highest BCUT2D eigenvalue weighted by Crippen LogP contribution is 2.31. The van der Waals surface area contributed by atoms with E-state index in [9.17, 15) is 4.39 Å². The lowest BCUT2D eigenvalue weighted by Crippen LogP contribution is -2.62. The van der Waals surface area contributed by atoms with Crippen molar-refractivity contribution in [2.75, 3.05) is 50.7 Å². The predicted octanol–water partition coefficient (Wildman–Crippen LogP) is 5.44. The first kappa shape index (κ1) is 25.2. The first-order valence-corrected chi connectivity index (χ1v) is 13.5. The van der Waals surface area contributed by atoms with E-state index in [-0.39, 0.29) is 11.9 Å². The van der Waals surface area contributed by atoms with Gasteiger partial charge in [0.05, 0.1) is 6.04 Å². The largest absolute Gasteiger partial charge is 0.369 e. The van der Waals surface area contributed by atoms with Crippen LogP contribution in [-0.4, -0.2) is 67.7 Å². The summed E-state index contributed by atoms with van der Waals surface area (Å²) in [6.45, 7) is 9.28. The average Bonchev–Trinajstić information content (AvgIpc) is 2.92. The van der Waals surface area contributed by atoms with E-state index in [1.54, 1.807) is 12.1 Å². The topological polar surface area (TPSA) is 21.8 Å². The van der Waals surface area contributed by atoms with Crippen LogP contribution in [0.5, 0.6) is 0 Å². The number of hydrogen-bond acceptors (Lipinski definition) is 4. The second kappa shape index (κ2) is 11.7. The first-order chi connectivity index (χ1) is 17.6. The molecule has 3 aromatic carbocycles. The molecule has 2 saturated heterocycles. The molecule has 2 aliphatic rings. The summed E-state index contributed by atoms with van der Waals surface area (Å²) in [5.74, 6) is -0.179. The van der Waals surface area contributed by atoms with Crippen molar-refractivity contribution in [1.29, 1.82) is 0 Å². The summed E-state index contributed by atoms with van der Waals surface area (Å²) >= 11 is 6.20. The van der Waals surface area contributed by atoms with E-state index in [1.165, 1.54) is 11.1 Å². The van der Waals surface area contributed by atoms with Crippen molar-refractivity contribution in [2.24, 2.45) is 0 Å². The van der Waals surface area contributed by atoms with Gasteiger partial charge >= 0.3 is 0 Å². The molecule has 0 radical (unpaired) electrons. The number of piperazine rings is 2. The average molecular weight is 507 g/mol. The Morgan fingerprint density at radius 2 is 1.47 bits per heavy atom. The van der Waals surface area contributed by atoms with Crippen molar-refractivity contribution in [3.8, 4) is 0 Å². The normalized spacial score (nSPS) is 21.3. The van der Waals surface area contributed by atoms with Crippen LogP contribution in [0, 0.1) is 5.82 Å². The van der Waals surface area contributed by atoms with Gasteiger partial charge in [-0.05, 0) is 53.9 Å². The third-order valence-corrected chi connectivity index (χ3v) is 8.02. The van der Waals surface area contributed by atoms with Crippen LogP contribution in [0.25, 0.3) is 0 Å². The lowest BCUT2D eigenvalue weighted by atomic mass is 9.95. The SMILES string of the molecule is CCC(C1CN(c2ccc(F)cc2)CCN1)N1CCN(C(c2ccccc2)c2ccc(Cl)cc2)CC1. The third-order valence-electron chi connectivity index (χ3n) is 7.76. The van der Waals surface area contributed by atoms with Gasteiger partial charge in [-0.15, -0.1) is 0 Å². The summed E-state index contributed by atoms with van der Waals surface area (Å²) in [6, 6.07) is 27.1. The molecule has 0 aromatic heterocycles. The zero-order valence-electron chi connectivity index (χ0n) is 21.0. The van der Waals surface area contributed by atoms with Crippen LogP contribution in [0.2, 0.25) is 5.02 Å². The van der Waals surface area contributed by atoms with Crippen molar-refractivity contribution in [3.05, 3.63) is 101 Å². The predicted molar refractivity (Wildman–Crippen MR) is 147 cm³/mol. The van der Waals surface area contributed by atoms with Gasteiger partial charge in [0, 0.05) is 68.6 Å². The van der Waals surface area contributed by atoms with E-state index in [0.29, 0.717) is 12.1 Å². The van der Waals surface area contributed by atoms with E-state index >= 15 is 0 Å². The summed E-state index contributed by atoms with van der Waals surface area (Å²) in [5.41, 5.74) is 3.72. The minimum absolute atomic E-state index is 0.179. The Hall–Kier alpha value is -2.44. The molecule has 36 heavy (non-hydrogen) atoms. The number of rotatable bonds is 7. The van der Waals surface area contributed by atoms with Crippen molar-refractivity contribution < 1.29 is 4.39 Å². The van der Waals surface area contributed by atoms with E-state index in [4.69, 9.17) is 11.6 Å². The van der Waals surface area contributed by atoms with E-state index < -0.39 is 0 Å². The number of benzene rings is 3. The molecule has 0 bridgehead atoms. The molecule has 0 aliphatic carbocycles. The van der Waals surface area contributed by atoms with Crippen LogP contribution in [0.4, 0.5) is 10.1 Å². The number of halogens is 2. The highest BCUT2D eigenvalue weighted by atomic mass is 35.5. The summed E-state index contributed by atoms with van der Waals surface area (Å²) in [4.78, 5) is 7.68. The maximum Gasteiger partial charge on any atom is 0.123 e. The monoisotopic (exact) mass is 506 g/mol. The molecular weight excluding hydrogens is 471 g/mol. The van der Waals surface area contributed by atoms with Gasteiger partial charge in [0.15, 0.2) is 0 Å². The lowest BCUT2D eigenvalue weighted by Gasteiger charge is -2.47. The maximum absolute atomic E-state index is 13.4. The molecule has 0 saturated carbocycles. The number of anilines is 1. The minimum Gasteiger partial charge on any atom is -0.369 e. The molecule has 3 aromatic rings. The molecule has 190 valence electrons. The van der Waals surface area contributed by atoms with Gasteiger partial charge in [0.2, 0.25) is 0 Å². The van der Waals surface area contributed by atoms with Crippen LogP contribution in [-0.2, 0) is 0 Å². The molecule has 3 unspecified atom stereocenters. The molecule has 0 amide bonds. The molecule has 5 rings (SSSR count). The van der Waals surface area contributed by atoms with Crippen molar-refractivity contribution in [1.82, 2.24) is 15.1 Å². The quantitative estimate of drug-likeness (QED) is 0.460. The molecule has 6 heteroatoms. The van der Waals surface area contributed by atoms with Crippen molar-refractivity contribution >= 4 is 17.3 Å². The molecule has 1 N–H and O–H groups in total. The number of nitrogens with one attached hydrogen (secondary N) is 1. The number of hydrogen-bond donors (Lipinski definition) is 1. The van der Waals surface area contributed by atoms with Crippen LogP contribution in [0.15, 0.2) is 78.9 Å². The second-order valence-electron chi connectivity index (χ2n) is 9.90. The molecule has 3 atom stereocenters. The Bertz CT molecular complexity index is 1080. The molecule has 4 nitrogen and oxygen atoms in total. The zero-order valence-corrected chi connectivity index (χ0v) is 21.7. The van der Waals surface area contributed by atoms with Gasteiger partial charge in [-0.25, -0.2) is 4.39 Å². The summed E-state index contributed by atoms with van der Waals surface area (Å²) in [6.07, 6.45) is 1.11. The number of nitrogens with zero attached hydrogens (tertiary/aromatic N) is 3. The summed E-state index contributed by atoms with van der Waals surface area (Å²) < 4.78 is 13.4. The van der Waals surface area contributed by atoms with Gasteiger partial charge in [0.1, 0.15) is 5.82 Å². The maximum atomic E-state index is 13.4. The molecule has 2 fully saturated rings. The zero-order chi connectivity index (χ0) is 24.9. The third kappa shape index (κ3) is 5.76. The fraction of sp³-hybridized carbons (Fsp3) is 0.400. The fourth-order valence-electron chi connectivity index (χ4n) is 5.94. The Kier molecular flexibility index (Phi) is 8.22. The smallest absolute Gasteiger partial charge is 0.123 e. The summed E-state index contributed by atoms with van der Waals surface area (Å²) in [7, 11) is 0. The van der Waals surface area contributed by atoms with Gasteiger partial charge < -0.3 is 10.2 Å². The fourth-order valence-corrected chi connectivity index (χ4v) is 6.07. The van der Waals surface area contributed by atoms with E-state index in [0.717, 1.165) is 62.9 Å². The Morgan fingerprint density at radius 3 is 2.14 bits per heavy atom. The molecule has 0 spiro atoms. The Labute approximate surface area is 219 Å². The molecule has 2 heterocycles. The van der Waals surface area contributed by atoms with Crippen molar-refractivity contribution in [2.45, 2.75) is 31.5 Å². The second-order valence-corrected chi connectivity index (χ2v) is 10.3. The van der Waals surface area contributed by atoms with Crippen LogP contribution >= 0.6 is 11.6 Å². The van der Waals surface area contributed by atoms with Crippen LogP contribution < -0.4 is 10.2 Å². The van der Waals surface area contributed by atoms with Crippen molar-refractivity contribution in [3.63, 3.8) is 0 Å². The molecular formula is C30H36ClFN4. The highest BCUT2D eigenvalue weighted by Gasteiger charge is 2.34.